The minimum atomic E-state index is -3.62. The van der Waals surface area contributed by atoms with Crippen molar-refractivity contribution in [1.82, 2.24) is 4.31 Å². The van der Waals surface area contributed by atoms with Crippen molar-refractivity contribution in [2.45, 2.75) is 23.8 Å². The van der Waals surface area contributed by atoms with E-state index in [1.165, 1.54) is 4.31 Å². The van der Waals surface area contributed by atoms with Gasteiger partial charge in [-0.1, -0.05) is 18.2 Å². The lowest BCUT2D eigenvalue weighted by atomic mass is 10.2. The van der Waals surface area contributed by atoms with E-state index in [2.05, 4.69) is 0 Å². The minimum absolute atomic E-state index is 0.147. The van der Waals surface area contributed by atoms with Crippen LogP contribution in [0.4, 0.5) is 0 Å². The van der Waals surface area contributed by atoms with E-state index < -0.39 is 10.0 Å². The maximum Gasteiger partial charge on any atom is 0.243 e. The second-order valence-corrected chi connectivity index (χ2v) is 7.74. The second kappa shape index (κ2) is 5.33. The highest BCUT2D eigenvalue weighted by molar-refractivity contribution is 7.89. The van der Waals surface area contributed by atoms with Gasteiger partial charge < -0.3 is 9.52 Å². The summed E-state index contributed by atoms with van der Waals surface area (Å²) < 4.78 is 32.8. The molecule has 4 rings (SSSR count). The molecule has 120 valence electrons. The summed E-state index contributed by atoms with van der Waals surface area (Å²) in [6.45, 7) is 0.303. The molecule has 0 spiro atoms. The average molecular weight is 331 g/mol. The zero-order valence-corrected chi connectivity index (χ0v) is 13.3. The Morgan fingerprint density at radius 2 is 1.91 bits per heavy atom. The van der Waals surface area contributed by atoms with Gasteiger partial charge in [0, 0.05) is 29.4 Å². The number of benzene rings is 2. The predicted octanol–water partition coefficient (Wildman–Crippen LogP) is 2.73. The highest BCUT2D eigenvalue weighted by Crippen LogP contribution is 2.32. The summed E-state index contributed by atoms with van der Waals surface area (Å²) in [5, 5.41) is 11.3. The van der Waals surface area contributed by atoms with Crippen molar-refractivity contribution < 1.29 is 17.9 Å². The van der Waals surface area contributed by atoms with E-state index >= 15 is 0 Å². The number of aliphatic hydroxyl groups excluding tert-OH is 1. The van der Waals surface area contributed by atoms with Crippen molar-refractivity contribution >= 4 is 32.0 Å². The highest BCUT2D eigenvalue weighted by Gasteiger charge is 2.35. The van der Waals surface area contributed by atoms with Crippen LogP contribution in [-0.2, 0) is 10.0 Å². The standard InChI is InChI=1S/C17H17NO4S/c19-11-12-4-3-9-18(12)23(20,21)13-7-8-15-14-5-1-2-6-16(14)22-17(15)10-13/h1-2,5-8,10,12,19H,3-4,9,11H2/t12-/m0/s1. The smallest absolute Gasteiger partial charge is 0.243 e. The first-order chi connectivity index (χ1) is 11.1. The van der Waals surface area contributed by atoms with Crippen molar-refractivity contribution in [3.05, 3.63) is 42.5 Å². The summed E-state index contributed by atoms with van der Waals surface area (Å²) in [6, 6.07) is 12.3. The number of nitrogens with zero attached hydrogens (tertiary/aromatic N) is 1. The number of sulfonamides is 1. The van der Waals surface area contributed by atoms with Gasteiger partial charge in [-0.05, 0) is 31.0 Å². The van der Waals surface area contributed by atoms with E-state index in [9.17, 15) is 13.5 Å². The maximum absolute atomic E-state index is 12.8. The third kappa shape index (κ3) is 2.25. The van der Waals surface area contributed by atoms with Crippen LogP contribution in [0.2, 0.25) is 0 Å². The molecule has 1 atom stereocenters. The largest absolute Gasteiger partial charge is 0.456 e. The summed E-state index contributed by atoms with van der Waals surface area (Å²) >= 11 is 0. The molecule has 1 aromatic heterocycles. The first kappa shape index (κ1) is 14.7. The molecule has 0 saturated carbocycles. The Balaban J connectivity index is 1.84. The quantitative estimate of drug-likeness (QED) is 0.801. The van der Waals surface area contributed by atoms with Crippen molar-refractivity contribution in [3.63, 3.8) is 0 Å². The maximum atomic E-state index is 12.8. The number of hydrogen-bond donors (Lipinski definition) is 1. The molecule has 0 amide bonds. The molecule has 2 aromatic carbocycles. The van der Waals surface area contributed by atoms with Gasteiger partial charge in [-0.15, -0.1) is 0 Å². The molecule has 1 saturated heterocycles. The van der Waals surface area contributed by atoms with Crippen LogP contribution in [0, 0.1) is 0 Å². The van der Waals surface area contributed by atoms with Crippen LogP contribution in [0.1, 0.15) is 12.8 Å². The number of para-hydroxylation sites is 1. The lowest BCUT2D eigenvalue weighted by Crippen LogP contribution is -2.37. The van der Waals surface area contributed by atoms with Crippen LogP contribution in [0.5, 0.6) is 0 Å². The van der Waals surface area contributed by atoms with E-state index in [0.717, 1.165) is 22.8 Å². The lowest BCUT2D eigenvalue weighted by molar-refractivity contribution is 0.213. The summed E-state index contributed by atoms with van der Waals surface area (Å²) in [5.74, 6) is 0. The molecule has 1 aliphatic heterocycles. The third-order valence-corrected chi connectivity index (χ3v) is 6.44. The fraction of sp³-hybridized carbons (Fsp3) is 0.294. The number of hydrogen-bond acceptors (Lipinski definition) is 4. The van der Waals surface area contributed by atoms with Crippen molar-refractivity contribution in [2.24, 2.45) is 0 Å². The summed E-state index contributed by atoms with van der Waals surface area (Å²) in [4.78, 5) is 0.212. The Morgan fingerprint density at radius 3 is 2.74 bits per heavy atom. The molecule has 2 heterocycles. The molecule has 1 N–H and O–H groups in total. The van der Waals surface area contributed by atoms with E-state index in [-0.39, 0.29) is 17.5 Å². The van der Waals surface area contributed by atoms with E-state index in [4.69, 9.17) is 4.42 Å². The molecule has 1 aliphatic rings. The van der Waals surface area contributed by atoms with Crippen molar-refractivity contribution in [2.75, 3.05) is 13.2 Å². The average Bonchev–Trinajstić information content (AvgIpc) is 3.18. The van der Waals surface area contributed by atoms with Crippen LogP contribution in [0.3, 0.4) is 0 Å². The number of aliphatic hydroxyl groups is 1. The van der Waals surface area contributed by atoms with Gasteiger partial charge in [0.1, 0.15) is 11.2 Å². The number of rotatable bonds is 3. The second-order valence-electron chi connectivity index (χ2n) is 5.85. The van der Waals surface area contributed by atoms with Crippen LogP contribution in [0.25, 0.3) is 21.9 Å². The molecule has 0 radical (unpaired) electrons. The van der Waals surface area contributed by atoms with Gasteiger partial charge in [0.05, 0.1) is 11.5 Å². The first-order valence-corrected chi connectivity index (χ1v) is 9.09. The van der Waals surface area contributed by atoms with Crippen LogP contribution >= 0.6 is 0 Å². The fourth-order valence-electron chi connectivity index (χ4n) is 3.31. The molecule has 6 heteroatoms. The van der Waals surface area contributed by atoms with Crippen LogP contribution in [-0.4, -0.2) is 37.0 Å². The topological polar surface area (TPSA) is 70.8 Å². The highest BCUT2D eigenvalue weighted by atomic mass is 32.2. The number of furan rings is 1. The molecule has 0 unspecified atom stereocenters. The normalized spacial score (nSPS) is 19.8. The molecule has 0 bridgehead atoms. The summed E-state index contributed by atoms with van der Waals surface area (Å²) in [5.41, 5.74) is 1.30. The zero-order chi connectivity index (χ0) is 16.0. The van der Waals surface area contributed by atoms with Gasteiger partial charge in [0.2, 0.25) is 10.0 Å². The molecule has 0 aliphatic carbocycles. The monoisotopic (exact) mass is 331 g/mol. The van der Waals surface area contributed by atoms with Crippen LogP contribution in [0.15, 0.2) is 51.8 Å². The van der Waals surface area contributed by atoms with E-state index in [1.54, 1.807) is 18.2 Å². The van der Waals surface area contributed by atoms with Gasteiger partial charge in [0.25, 0.3) is 0 Å². The Bertz CT molecular complexity index is 977. The fourth-order valence-corrected chi connectivity index (χ4v) is 5.01. The molecule has 1 fully saturated rings. The third-order valence-electron chi connectivity index (χ3n) is 4.49. The Labute approximate surface area is 134 Å². The molecule has 3 aromatic rings. The Morgan fingerprint density at radius 1 is 1.13 bits per heavy atom. The van der Waals surface area contributed by atoms with Crippen LogP contribution < -0.4 is 0 Å². The summed E-state index contributed by atoms with van der Waals surface area (Å²) in [7, 11) is -3.62. The van der Waals surface area contributed by atoms with Crippen molar-refractivity contribution in [3.8, 4) is 0 Å². The SMILES string of the molecule is O=S(=O)(c1ccc2c(c1)oc1ccccc12)N1CCC[C@H]1CO. The summed E-state index contributed by atoms with van der Waals surface area (Å²) in [6.07, 6.45) is 1.47. The Kier molecular flexibility index (Phi) is 3.41. The van der Waals surface area contributed by atoms with Gasteiger partial charge in [0.15, 0.2) is 0 Å². The van der Waals surface area contributed by atoms with Gasteiger partial charge in [-0.3, -0.25) is 0 Å². The minimum Gasteiger partial charge on any atom is -0.456 e. The molecular weight excluding hydrogens is 314 g/mol. The van der Waals surface area contributed by atoms with Gasteiger partial charge in [-0.25, -0.2) is 8.42 Å². The zero-order valence-electron chi connectivity index (χ0n) is 12.5. The lowest BCUT2D eigenvalue weighted by Gasteiger charge is -2.22. The molecule has 23 heavy (non-hydrogen) atoms. The van der Waals surface area contributed by atoms with E-state index in [0.29, 0.717) is 18.5 Å². The van der Waals surface area contributed by atoms with Crippen molar-refractivity contribution in [1.29, 1.82) is 0 Å². The van der Waals surface area contributed by atoms with Gasteiger partial charge >= 0.3 is 0 Å². The molecular formula is C17H17NO4S. The number of fused-ring (bicyclic) bond motifs is 3. The first-order valence-electron chi connectivity index (χ1n) is 7.65. The predicted molar refractivity (Wildman–Crippen MR) is 87.7 cm³/mol. The molecule has 5 nitrogen and oxygen atoms in total. The Hall–Kier alpha value is -1.89. The van der Waals surface area contributed by atoms with Gasteiger partial charge in [-0.2, -0.15) is 4.31 Å². The van der Waals surface area contributed by atoms with E-state index in [1.807, 2.05) is 24.3 Å².